The summed E-state index contributed by atoms with van der Waals surface area (Å²) >= 11 is 1.54. The van der Waals surface area contributed by atoms with Crippen LogP contribution in [0.3, 0.4) is 0 Å². The van der Waals surface area contributed by atoms with Crippen LogP contribution in [0.1, 0.15) is 21.1 Å². The topological polar surface area (TPSA) is 68.3 Å². The molecule has 5 nitrogen and oxygen atoms in total. The number of nitrogens with one attached hydrogen (secondary N) is 1. The van der Waals surface area contributed by atoms with Crippen LogP contribution in [0.4, 0.5) is 0 Å². The van der Waals surface area contributed by atoms with Gasteiger partial charge in [0, 0.05) is 11.3 Å². The van der Waals surface area contributed by atoms with Gasteiger partial charge in [0.05, 0.1) is 24.2 Å². The molecule has 7 heteroatoms. The molecule has 0 saturated heterocycles. The van der Waals surface area contributed by atoms with Crippen LogP contribution in [-0.2, 0) is 23.0 Å². The Morgan fingerprint density at radius 1 is 1.08 bits per heavy atom. The number of benzene rings is 2. The quantitative estimate of drug-likeness (QED) is 0.672. The van der Waals surface area contributed by atoms with Gasteiger partial charge in [-0.25, -0.2) is 18.1 Å². The molecule has 0 unspecified atom stereocenters. The van der Waals surface area contributed by atoms with E-state index in [-0.39, 0.29) is 11.4 Å². The van der Waals surface area contributed by atoms with Crippen molar-refractivity contribution < 1.29 is 13.2 Å². The molecule has 0 fully saturated rings. The zero-order valence-electron chi connectivity index (χ0n) is 14.6. The van der Waals surface area contributed by atoms with Gasteiger partial charge in [0.1, 0.15) is 10.8 Å². The second kappa shape index (κ2) is 7.99. The highest BCUT2D eigenvalue weighted by atomic mass is 32.2. The zero-order valence-corrected chi connectivity index (χ0v) is 16.2. The Labute approximate surface area is 157 Å². The normalized spacial score (nSPS) is 11.5. The molecular formula is C19H20N2O3S2. The van der Waals surface area contributed by atoms with Crippen molar-refractivity contribution in [3.05, 3.63) is 75.7 Å². The van der Waals surface area contributed by atoms with Crippen molar-refractivity contribution in [2.24, 2.45) is 0 Å². The van der Waals surface area contributed by atoms with E-state index in [4.69, 9.17) is 4.74 Å². The lowest BCUT2D eigenvalue weighted by Gasteiger charge is -2.06. The number of ether oxygens (including phenoxy) is 1. The molecule has 1 N–H and O–H groups in total. The Morgan fingerprint density at radius 3 is 2.42 bits per heavy atom. The molecule has 0 amide bonds. The van der Waals surface area contributed by atoms with Crippen molar-refractivity contribution in [3.63, 3.8) is 0 Å². The fraction of sp³-hybridized carbons (Fsp3) is 0.211. The maximum Gasteiger partial charge on any atom is 0.240 e. The van der Waals surface area contributed by atoms with E-state index in [1.54, 1.807) is 19.2 Å². The molecule has 1 aromatic heterocycles. The van der Waals surface area contributed by atoms with Crippen LogP contribution in [0, 0.1) is 6.92 Å². The van der Waals surface area contributed by atoms with Gasteiger partial charge in [-0.15, -0.1) is 11.3 Å². The molecular weight excluding hydrogens is 368 g/mol. The Morgan fingerprint density at radius 2 is 1.77 bits per heavy atom. The largest absolute Gasteiger partial charge is 0.497 e. The van der Waals surface area contributed by atoms with Crippen molar-refractivity contribution >= 4 is 21.4 Å². The fourth-order valence-electron chi connectivity index (χ4n) is 2.50. The SMILES string of the molecule is COc1ccc(S(=O)(=O)NCc2nc(C)c(Cc3ccccc3)s2)cc1. The Balaban J connectivity index is 1.68. The molecule has 26 heavy (non-hydrogen) atoms. The number of methoxy groups -OCH3 is 1. The molecule has 0 aliphatic heterocycles. The molecule has 1 heterocycles. The number of rotatable bonds is 7. The molecule has 3 rings (SSSR count). The number of aryl methyl sites for hydroxylation is 1. The van der Waals surface area contributed by atoms with Crippen LogP contribution in [0.15, 0.2) is 59.5 Å². The smallest absolute Gasteiger partial charge is 0.240 e. The molecule has 0 bridgehead atoms. The summed E-state index contributed by atoms with van der Waals surface area (Å²) in [5.41, 5.74) is 2.15. The maximum atomic E-state index is 12.4. The number of hydrogen-bond acceptors (Lipinski definition) is 5. The highest BCUT2D eigenvalue weighted by Crippen LogP contribution is 2.22. The number of nitrogens with zero attached hydrogens (tertiary/aromatic N) is 1. The highest BCUT2D eigenvalue weighted by Gasteiger charge is 2.16. The van der Waals surface area contributed by atoms with E-state index in [0.29, 0.717) is 5.75 Å². The Kier molecular flexibility index (Phi) is 5.70. The third kappa shape index (κ3) is 4.49. The minimum atomic E-state index is -3.58. The van der Waals surface area contributed by atoms with Gasteiger partial charge >= 0.3 is 0 Å². The van der Waals surface area contributed by atoms with Gasteiger partial charge < -0.3 is 4.74 Å². The van der Waals surface area contributed by atoms with Crippen LogP contribution in [0.2, 0.25) is 0 Å². The second-order valence-corrected chi connectivity index (χ2v) is 8.71. The van der Waals surface area contributed by atoms with E-state index in [0.717, 1.165) is 22.0 Å². The van der Waals surface area contributed by atoms with E-state index in [1.807, 2.05) is 25.1 Å². The second-order valence-electron chi connectivity index (χ2n) is 5.78. The van der Waals surface area contributed by atoms with Crippen molar-refractivity contribution in [1.82, 2.24) is 9.71 Å². The van der Waals surface area contributed by atoms with Gasteiger partial charge in [-0.1, -0.05) is 30.3 Å². The van der Waals surface area contributed by atoms with E-state index in [9.17, 15) is 8.42 Å². The zero-order chi connectivity index (χ0) is 18.6. The minimum Gasteiger partial charge on any atom is -0.497 e. The van der Waals surface area contributed by atoms with Crippen LogP contribution < -0.4 is 9.46 Å². The van der Waals surface area contributed by atoms with E-state index in [1.165, 1.54) is 29.0 Å². The molecule has 3 aromatic rings. The molecule has 0 spiro atoms. The standard InChI is InChI=1S/C19H20N2O3S2/c1-14-18(12-15-6-4-3-5-7-15)25-19(21-14)13-20-26(22,23)17-10-8-16(24-2)9-11-17/h3-11,20H,12-13H2,1-2H3. The first kappa shape index (κ1) is 18.6. The van der Waals surface area contributed by atoms with Crippen molar-refractivity contribution in [3.8, 4) is 5.75 Å². The first-order valence-electron chi connectivity index (χ1n) is 8.11. The summed E-state index contributed by atoms with van der Waals surface area (Å²) in [4.78, 5) is 5.86. The van der Waals surface area contributed by atoms with Gasteiger partial charge in [0.2, 0.25) is 10.0 Å². The minimum absolute atomic E-state index is 0.175. The summed E-state index contributed by atoms with van der Waals surface area (Å²) in [5, 5.41) is 0.755. The lowest BCUT2D eigenvalue weighted by Crippen LogP contribution is -2.23. The lowest BCUT2D eigenvalue weighted by atomic mass is 10.1. The Bertz CT molecular complexity index is 966. The predicted octanol–water partition coefficient (Wildman–Crippen LogP) is 3.53. The Hall–Kier alpha value is -2.22. The van der Waals surface area contributed by atoms with Crippen LogP contribution in [0.5, 0.6) is 5.75 Å². The molecule has 2 aromatic carbocycles. The molecule has 0 saturated carbocycles. The van der Waals surface area contributed by atoms with Gasteiger partial charge in [-0.2, -0.15) is 0 Å². The number of hydrogen-bond donors (Lipinski definition) is 1. The van der Waals surface area contributed by atoms with E-state index < -0.39 is 10.0 Å². The lowest BCUT2D eigenvalue weighted by molar-refractivity contribution is 0.414. The average molecular weight is 389 g/mol. The summed E-state index contributed by atoms with van der Waals surface area (Å²) in [6, 6.07) is 16.5. The third-order valence-corrected chi connectivity index (χ3v) is 6.50. The van der Waals surface area contributed by atoms with Crippen molar-refractivity contribution in [2.45, 2.75) is 24.8 Å². The molecule has 136 valence electrons. The van der Waals surface area contributed by atoms with Gasteiger partial charge in [-0.3, -0.25) is 0 Å². The number of aromatic nitrogens is 1. The molecule has 0 aliphatic carbocycles. The molecule has 0 radical (unpaired) electrons. The summed E-state index contributed by atoms with van der Waals surface area (Å²) in [5.74, 6) is 0.616. The first-order chi connectivity index (χ1) is 12.5. The van der Waals surface area contributed by atoms with Crippen molar-refractivity contribution in [1.29, 1.82) is 0 Å². The average Bonchev–Trinajstić information content (AvgIpc) is 3.01. The summed E-state index contributed by atoms with van der Waals surface area (Å²) in [6.45, 7) is 2.13. The van der Waals surface area contributed by atoms with Gasteiger partial charge in [0.25, 0.3) is 0 Å². The third-order valence-electron chi connectivity index (χ3n) is 3.93. The predicted molar refractivity (Wildman–Crippen MR) is 103 cm³/mol. The number of thiazole rings is 1. The van der Waals surface area contributed by atoms with Crippen LogP contribution >= 0.6 is 11.3 Å². The number of sulfonamides is 1. The first-order valence-corrected chi connectivity index (χ1v) is 10.4. The highest BCUT2D eigenvalue weighted by molar-refractivity contribution is 7.89. The van der Waals surface area contributed by atoms with E-state index in [2.05, 4.69) is 21.8 Å². The molecule has 0 aliphatic rings. The van der Waals surface area contributed by atoms with E-state index >= 15 is 0 Å². The monoisotopic (exact) mass is 388 g/mol. The van der Waals surface area contributed by atoms with Crippen LogP contribution in [-0.4, -0.2) is 20.5 Å². The van der Waals surface area contributed by atoms with Crippen molar-refractivity contribution in [2.75, 3.05) is 7.11 Å². The van der Waals surface area contributed by atoms with Gasteiger partial charge in [-0.05, 0) is 36.8 Å². The van der Waals surface area contributed by atoms with Gasteiger partial charge in [0.15, 0.2) is 0 Å². The summed E-state index contributed by atoms with van der Waals surface area (Å²) < 4.78 is 32.5. The summed E-state index contributed by atoms with van der Waals surface area (Å²) in [6.07, 6.45) is 0.801. The summed E-state index contributed by atoms with van der Waals surface area (Å²) in [7, 11) is -2.04. The maximum absolute atomic E-state index is 12.4. The van der Waals surface area contributed by atoms with Crippen LogP contribution in [0.25, 0.3) is 0 Å². The molecule has 0 atom stereocenters. The fourth-order valence-corrected chi connectivity index (χ4v) is 4.63.